The van der Waals surface area contributed by atoms with E-state index in [1.165, 1.54) is 11.8 Å². The van der Waals surface area contributed by atoms with E-state index in [1.54, 1.807) is 0 Å². The summed E-state index contributed by atoms with van der Waals surface area (Å²) in [5, 5.41) is 10.2. The fourth-order valence-corrected chi connectivity index (χ4v) is 3.84. The molecule has 0 aromatic heterocycles. The van der Waals surface area contributed by atoms with Gasteiger partial charge in [-0.2, -0.15) is 0 Å². The van der Waals surface area contributed by atoms with Gasteiger partial charge in [0.2, 0.25) is 0 Å². The van der Waals surface area contributed by atoms with Gasteiger partial charge < -0.3 is 5.11 Å². The predicted molar refractivity (Wildman–Crippen MR) is 75.3 cm³/mol. The van der Waals surface area contributed by atoms with Crippen LogP contribution in [0.4, 0.5) is 0 Å². The fraction of sp³-hybridized carbons (Fsp3) is 0.500. The van der Waals surface area contributed by atoms with Crippen molar-refractivity contribution in [1.29, 1.82) is 0 Å². The van der Waals surface area contributed by atoms with E-state index in [2.05, 4.69) is 6.92 Å². The van der Waals surface area contributed by atoms with E-state index < -0.39 is 10.7 Å². The van der Waals surface area contributed by atoms with Crippen LogP contribution in [0.5, 0.6) is 0 Å². The molecule has 1 aromatic rings. The van der Waals surface area contributed by atoms with Crippen molar-refractivity contribution in [2.24, 2.45) is 5.92 Å². The van der Waals surface area contributed by atoms with Crippen LogP contribution < -0.4 is 0 Å². The van der Waals surface area contributed by atoms with Crippen LogP contribution in [0.25, 0.3) is 0 Å². The van der Waals surface area contributed by atoms with Crippen molar-refractivity contribution >= 4 is 29.3 Å². The Hall–Kier alpha value is -0.670. The van der Waals surface area contributed by atoms with Gasteiger partial charge in [-0.1, -0.05) is 30.7 Å². The lowest BCUT2D eigenvalue weighted by atomic mass is 9.82. The summed E-state index contributed by atoms with van der Waals surface area (Å²) in [6, 6.07) is 7.47. The Balaban J connectivity index is 2.22. The molecule has 0 heterocycles. The molecule has 1 aliphatic rings. The number of carboxylic acids is 1. The van der Waals surface area contributed by atoms with Crippen LogP contribution in [0.1, 0.15) is 32.6 Å². The number of carbonyl (C=O) groups is 1. The Labute approximate surface area is 117 Å². The van der Waals surface area contributed by atoms with E-state index in [0.29, 0.717) is 10.9 Å². The molecule has 0 bridgehead atoms. The number of carboxylic acid groups (broad SMARTS) is 1. The van der Waals surface area contributed by atoms with Gasteiger partial charge in [-0.05, 0) is 43.7 Å². The Morgan fingerprint density at radius 3 is 2.56 bits per heavy atom. The molecular formula is C14H17ClO2S. The van der Waals surface area contributed by atoms with E-state index in [-0.39, 0.29) is 0 Å². The van der Waals surface area contributed by atoms with Crippen LogP contribution in [0.3, 0.4) is 0 Å². The van der Waals surface area contributed by atoms with Gasteiger partial charge in [-0.25, -0.2) is 0 Å². The van der Waals surface area contributed by atoms with Crippen LogP contribution in [0.2, 0.25) is 5.02 Å². The van der Waals surface area contributed by atoms with E-state index in [9.17, 15) is 9.90 Å². The Kier molecular flexibility index (Phi) is 4.23. The molecule has 0 aliphatic heterocycles. The van der Waals surface area contributed by atoms with Gasteiger partial charge in [0.15, 0.2) is 0 Å². The molecule has 0 radical (unpaired) electrons. The lowest BCUT2D eigenvalue weighted by Crippen LogP contribution is -2.38. The third-order valence-electron chi connectivity index (χ3n) is 3.61. The van der Waals surface area contributed by atoms with Gasteiger partial charge in [0, 0.05) is 4.90 Å². The zero-order chi connectivity index (χ0) is 13.2. The first-order valence-electron chi connectivity index (χ1n) is 6.20. The molecule has 0 unspecified atom stereocenters. The van der Waals surface area contributed by atoms with Crippen molar-refractivity contribution in [2.75, 3.05) is 0 Å². The Morgan fingerprint density at radius 2 is 2.00 bits per heavy atom. The number of thioether (sulfide) groups is 1. The zero-order valence-corrected chi connectivity index (χ0v) is 11.9. The van der Waals surface area contributed by atoms with Crippen molar-refractivity contribution in [2.45, 2.75) is 42.2 Å². The summed E-state index contributed by atoms with van der Waals surface area (Å²) in [6.45, 7) is 2.19. The average molecular weight is 285 g/mol. The largest absolute Gasteiger partial charge is 0.480 e. The SMILES string of the molecule is CC1CCC(Sc2ccccc2Cl)(C(=O)O)CC1. The highest BCUT2D eigenvalue weighted by Gasteiger charge is 2.42. The summed E-state index contributed by atoms with van der Waals surface area (Å²) < 4.78 is -0.697. The summed E-state index contributed by atoms with van der Waals surface area (Å²) >= 11 is 7.54. The number of halogens is 1. The van der Waals surface area contributed by atoms with Gasteiger partial charge in [-0.15, -0.1) is 11.8 Å². The highest BCUT2D eigenvalue weighted by atomic mass is 35.5. The maximum Gasteiger partial charge on any atom is 0.320 e. The second kappa shape index (κ2) is 5.54. The molecule has 0 saturated heterocycles. The third-order valence-corrected chi connectivity index (χ3v) is 5.60. The van der Waals surface area contributed by atoms with Crippen LogP contribution in [-0.2, 0) is 4.79 Å². The first kappa shape index (κ1) is 13.8. The van der Waals surface area contributed by atoms with Crippen LogP contribution in [-0.4, -0.2) is 15.8 Å². The minimum atomic E-state index is -0.709. The van der Waals surface area contributed by atoms with E-state index >= 15 is 0 Å². The summed E-state index contributed by atoms with van der Waals surface area (Å²) in [5.74, 6) is -0.0800. The molecule has 0 atom stereocenters. The molecule has 2 rings (SSSR count). The Morgan fingerprint density at radius 1 is 1.39 bits per heavy atom. The molecule has 2 nitrogen and oxygen atoms in total. The fourth-order valence-electron chi connectivity index (χ4n) is 2.33. The van der Waals surface area contributed by atoms with Crippen molar-refractivity contribution in [3.63, 3.8) is 0 Å². The van der Waals surface area contributed by atoms with E-state index in [1.807, 2.05) is 24.3 Å². The molecule has 0 amide bonds. The summed E-state index contributed by atoms with van der Waals surface area (Å²) in [7, 11) is 0. The molecule has 1 saturated carbocycles. The maximum atomic E-state index is 11.6. The number of benzene rings is 1. The van der Waals surface area contributed by atoms with Gasteiger partial charge in [0.25, 0.3) is 0 Å². The minimum Gasteiger partial charge on any atom is -0.480 e. The third kappa shape index (κ3) is 2.83. The lowest BCUT2D eigenvalue weighted by molar-refractivity contribution is -0.141. The molecule has 4 heteroatoms. The van der Waals surface area contributed by atoms with Crippen LogP contribution in [0.15, 0.2) is 29.2 Å². The summed E-state index contributed by atoms with van der Waals surface area (Å²) in [6.07, 6.45) is 3.40. The highest BCUT2D eigenvalue weighted by Crippen LogP contribution is 2.47. The number of rotatable bonds is 3. The molecule has 1 aromatic carbocycles. The second-order valence-corrected chi connectivity index (χ2v) is 6.85. The van der Waals surface area contributed by atoms with Crippen LogP contribution in [0, 0.1) is 5.92 Å². The predicted octanol–water partition coefficient (Wildman–Crippen LogP) is 4.47. The highest BCUT2D eigenvalue weighted by molar-refractivity contribution is 8.01. The quantitative estimate of drug-likeness (QED) is 0.890. The first-order valence-corrected chi connectivity index (χ1v) is 7.40. The number of hydrogen-bond acceptors (Lipinski definition) is 2. The van der Waals surface area contributed by atoms with Crippen molar-refractivity contribution in [3.05, 3.63) is 29.3 Å². The van der Waals surface area contributed by atoms with E-state index in [0.717, 1.165) is 30.6 Å². The minimum absolute atomic E-state index is 0.629. The monoisotopic (exact) mass is 284 g/mol. The van der Waals surface area contributed by atoms with Crippen molar-refractivity contribution in [1.82, 2.24) is 0 Å². The van der Waals surface area contributed by atoms with Gasteiger partial charge in [0.1, 0.15) is 4.75 Å². The summed E-state index contributed by atoms with van der Waals surface area (Å²) in [5.41, 5.74) is 0. The summed E-state index contributed by atoms with van der Waals surface area (Å²) in [4.78, 5) is 12.5. The smallest absolute Gasteiger partial charge is 0.320 e. The van der Waals surface area contributed by atoms with Gasteiger partial charge in [0.05, 0.1) is 5.02 Å². The van der Waals surface area contributed by atoms with Gasteiger partial charge in [-0.3, -0.25) is 4.79 Å². The maximum absolute atomic E-state index is 11.6. The standard InChI is InChI=1S/C14H17ClO2S/c1-10-6-8-14(9-7-10,13(16)17)18-12-5-3-2-4-11(12)15/h2-5,10H,6-9H2,1H3,(H,16,17). The second-order valence-electron chi connectivity index (χ2n) is 5.01. The van der Waals surface area contributed by atoms with Crippen molar-refractivity contribution in [3.8, 4) is 0 Å². The van der Waals surface area contributed by atoms with E-state index in [4.69, 9.17) is 11.6 Å². The average Bonchev–Trinajstić information content (AvgIpc) is 2.35. The first-order chi connectivity index (χ1) is 8.53. The number of hydrogen-bond donors (Lipinski definition) is 1. The number of aliphatic carboxylic acids is 1. The van der Waals surface area contributed by atoms with Crippen molar-refractivity contribution < 1.29 is 9.90 Å². The molecule has 1 N–H and O–H groups in total. The van der Waals surface area contributed by atoms with Crippen LogP contribution >= 0.6 is 23.4 Å². The molecule has 98 valence electrons. The molecular weight excluding hydrogens is 268 g/mol. The normalized spacial score (nSPS) is 28.0. The lowest BCUT2D eigenvalue weighted by Gasteiger charge is -2.35. The topological polar surface area (TPSA) is 37.3 Å². The molecule has 1 fully saturated rings. The molecule has 1 aliphatic carbocycles. The van der Waals surface area contributed by atoms with Gasteiger partial charge >= 0.3 is 5.97 Å². The molecule has 18 heavy (non-hydrogen) atoms. The molecule has 0 spiro atoms. The Bertz CT molecular complexity index is 439. The zero-order valence-electron chi connectivity index (χ0n) is 10.4.